The van der Waals surface area contributed by atoms with E-state index < -0.39 is 29.9 Å². The molecule has 0 saturated heterocycles. The SMILES string of the molecule is CCNCCCCC(=O)N[C@H](C(=O)N[C@@H](CCCNC(N)=O)C(=O)Nc1ccc(COC(=O)CC)cc1)C(C)C. The van der Waals surface area contributed by atoms with Crippen molar-refractivity contribution < 1.29 is 28.7 Å². The van der Waals surface area contributed by atoms with Crippen molar-refractivity contribution in [3.63, 3.8) is 0 Å². The topological polar surface area (TPSA) is 181 Å². The molecular weight excluding hydrogens is 516 g/mol. The van der Waals surface area contributed by atoms with Gasteiger partial charge < -0.3 is 37.1 Å². The van der Waals surface area contributed by atoms with E-state index in [9.17, 15) is 24.0 Å². The van der Waals surface area contributed by atoms with Crippen LogP contribution in [0.3, 0.4) is 0 Å². The second-order valence-electron chi connectivity index (χ2n) is 9.79. The van der Waals surface area contributed by atoms with Crippen LogP contribution in [0, 0.1) is 5.92 Å². The van der Waals surface area contributed by atoms with Crippen molar-refractivity contribution in [2.75, 3.05) is 25.0 Å². The van der Waals surface area contributed by atoms with Crippen molar-refractivity contribution in [2.24, 2.45) is 11.7 Å². The van der Waals surface area contributed by atoms with Gasteiger partial charge in [-0.3, -0.25) is 19.2 Å². The summed E-state index contributed by atoms with van der Waals surface area (Å²) in [5.41, 5.74) is 6.38. The Bertz CT molecular complexity index is 953. The maximum atomic E-state index is 13.2. The number of esters is 1. The number of ether oxygens (including phenoxy) is 1. The molecule has 0 unspecified atom stereocenters. The van der Waals surface area contributed by atoms with E-state index in [0.717, 1.165) is 25.1 Å². The molecule has 2 atom stereocenters. The Kier molecular flexibility index (Phi) is 16.7. The first kappa shape index (κ1) is 34.4. The number of hydrogen-bond acceptors (Lipinski definition) is 7. The van der Waals surface area contributed by atoms with Crippen molar-refractivity contribution in [1.29, 1.82) is 0 Å². The maximum absolute atomic E-state index is 13.2. The van der Waals surface area contributed by atoms with E-state index in [1.807, 2.05) is 20.8 Å². The Morgan fingerprint density at radius 2 is 1.60 bits per heavy atom. The molecule has 40 heavy (non-hydrogen) atoms. The summed E-state index contributed by atoms with van der Waals surface area (Å²) in [6, 6.07) is 4.39. The molecule has 0 aromatic heterocycles. The Morgan fingerprint density at radius 1 is 0.900 bits per heavy atom. The van der Waals surface area contributed by atoms with E-state index in [4.69, 9.17) is 10.5 Å². The van der Waals surface area contributed by atoms with Gasteiger partial charge in [-0.05, 0) is 62.4 Å². The lowest BCUT2D eigenvalue weighted by Gasteiger charge is -2.25. The normalized spacial score (nSPS) is 12.2. The largest absolute Gasteiger partial charge is 0.461 e. The number of urea groups is 1. The third-order valence-corrected chi connectivity index (χ3v) is 6.03. The van der Waals surface area contributed by atoms with Crippen LogP contribution in [0.15, 0.2) is 24.3 Å². The van der Waals surface area contributed by atoms with E-state index in [1.165, 1.54) is 0 Å². The summed E-state index contributed by atoms with van der Waals surface area (Å²) in [6.45, 7) is 9.44. The van der Waals surface area contributed by atoms with E-state index in [-0.39, 0.29) is 43.8 Å². The summed E-state index contributed by atoms with van der Waals surface area (Å²) in [4.78, 5) is 61.2. The zero-order valence-electron chi connectivity index (χ0n) is 24.1. The first-order valence-corrected chi connectivity index (χ1v) is 14.0. The minimum atomic E-state index is -0.925. The predicted octanol–water partition coefficient (Wildman–Crippen LogP) is 1.93. The van der Waals surface area contributed by atoms with Gasteiger partial charge in [0.1, 0.15) is 18.7 Å². The van der Waals surface area contributed by atoms with Crippen molar-refractivity contribution in [3.8, 4) is 0 Å². The predicted molar refractivity (Wildman–Crippen MR) is 153 cm³/mol. The molecule has 0 bridgehead atoms. The van der Waals surface area contributed by atoms with Gasteiger partial charge in [0.2, 0.25) is 17.7 Å². The number of unbranched alkanes of at least 4 members (excludes halogenated alkanes) is 1. The molecule has 0 aliphatic rings. The fourth-order valence-corrected chi connectivity index (χ4v) is 3.72. The molecular formula is C28H46N6O6. The number of carbonyl (C=O) groups is 5. The number of primary amides is 1. The molecule has 0 heterocycles. The molecule has 1 rings (SSSR count). The van der Waals surface area contributed by atoms with Crippen LogP contribution in [0.2, 0.25) is 0 Å². The van der Waals surface area contributed by atoms with Crippen molar-refractivity contribution in [2.45, 2.75) is 84.9 Å². The van der Waals surface area contributed by atoms with Crippen molar-refractivity contribution in [1.82, 2.24) is 21.3 Å². The minimum absolute atomic E-state index is 0.129. The number of amides is 5. The average Bonchev–Trinajstić information content (AvgIpc) is 2.92. The van der Waals surface area contributed by atoms with Crippen LogP contribution in [0.5, 0.6) is 0 Å². The van der Waals surface area contributed by atoms with Crippen LogP contribution >= 0.6 is 0 Å². The summed E-state index contributed by atoms with van der Waals surface area (Å²) in [6.07, 6.45) is 2.75. The van der Waals surface area contributed by atoms with Crippen LogP contribution in [0.25, 0.3) is 0 Å². The van der Waals surface area contributed by atoms with Gasteiger partial charge in [0.25, 0.3) is 0 Å². The summed E-state index contributed by atoms with van der Waals surface area (Å²) in [5.74, 6) is -1.65. The van der Waals surface area contributed by atoms with Crippen LogP contribution in [-0.4, -0.2) is 61.4 Å². The van der Waals surface area contributed by atoms with Crippen molar-refractivity contribution >= 4 is 35.4 Å². The van der Waals surface area contributed by atoms with Crippen LogP contribution in [0.4, 0.5) is 10.5 Å². The molecule has 0 fully saturated rings. The molecule has 1 aromatic rings. The van der Waals surface area contributed by atoms with Gasteiger partial charge in [0, 0.05) is 25.1 Å². The average molecular weight is 563 g/mol. The summed E-state index contributed by atoms with van der Waals surface area (Å²) in [5, 5.41) is 14.0. The lowest BCUT2D eigenvalue weighted by Crippen LogP contribution is -2.54. The number of benzene rings is 1. The highest BCUT2D eigenvalue weighted by atomic mass is 16.5. The third kappa shape index (κ3) is 14.5. The summed E-state index contributed by atoms with van der Waals surface area (Å²) >= 11 is 0. The molecule has 0 saturated carbocycles. The molecule has 1 aromatic carbocycles. The fourth-order valence-electron chi connectivity index (χ4n) is 3.72. The Balaban J connectivity index is 2.84. The zero-order chi connectivity index (χ0) is 29.9. The Labute approximate surface area is 236 Å². The van der Waals surface area contributed by atoms with Crippen molar-refractivity contribution in [3.05, 3.63) is 29.8 Å². The van der Waals surface area contributed by atoms with Gasteiger partial charge in [0.05, 0.1) is 0 Å². The monoisotopic (exact) mass is 562 g/mol. The van der Waals surface area contributed by atoms with Gasteiger partial charge in [0.15, 0.2) is 0 Å². The molecule has 12 nitrogen and oxygen atoms in total. The van der Waals surface area contributed by atoms with Gasteiger partial charge >= 0.3 is 12.0 Å². The maximum Gasteiger partial charge on any atom is 0.312 e. The van der Waals surface area contributed by atoms with Gasteiger partial charge in [-0.15, -0.1) is 0 Å². The third-order valence-electron chi connectivity index (χ3n) is 6.03. The van der Waals surface area contributed by atoms with Gasteiger partial charge in [-0.2, -0.15) is 0 Å². The standard InChI is InChI=1S/C28H46N6O6/c1-5-24(36)40-18-20-12-14-21(15-13-20)32-26(37)22(10-9-17-31-28(29)39)33-27(38)25(19(3)4)34-23(35)11-7-8-16-30-6-2/h12-15,19,22,25,30H,5-11,16-18H2,1-4H3,(H,32,37)(H,33,38)(H,34,35)(H3,29,31,39)/t22-,25-/m0/s1. The molecule has 12 heteroatoms. The quantitative estimate of drug-likeness (QED) is 0.110. The lowest BCUT2D eigenvalue weighted by atomic mass is 10.0. The smallest absolute Gasteiger partial charge is 0.312 e. The second-order valence-corrected chi connectivity index (χ2v) is 9.79. The number of nitrogens with one attached hydrogen (secondary N) is 5. The highest BCUT2D eigenvalue weighted by Gasteiger charge is 2.28. The van der Waals surface area contributed by atoms with Crippen LogP contribution < -0.4 is 32.3 Å². The number of hydrogen-bond donors (Lipinski definition) is 6. The van der Waals surface area contributed by atoms with Gasteiger partial charge in [-0.25, -0.2) is 4.79 Å². The number of rotatable bonds is 19. The molecule has 0 aliphatic heterocycles. The van der Waals surface area contributed by atoms with E-state index in [0.29, 0.717) is 24.9 Å². The molecule has 224 valence electrons. The molecule has 0 radical (unpaired) electrons. The molecule has 0 spiro atoms. The molecule has 0 aliphatic carbocycles. The van der Waals surface area contributed by atoms with Crippen LogP contribution in [-0.2, 0) is 30.5 Å². The number of carbonyl (C=O) groups excluding carboxylic acids is 5. The van der Waals surface area contributed by atoms with E-state index in [2.05, 4.69) is 26.6 Å². The fraction of sp³-hybridized carbons (Fsp3) is 0.607. The summed E-state index contributed by atoms with van der Waals surface area (Å²) < 4.78 is 5.11. The van der Waals surface area contributed by atoms with Gasteiger partial charge in [-0.1, -0.05) is 39.8 Å². The highest BCUT2D eigenvalue weighted by Crippen LogP contribution is 2.13. The zero-order valence-corrected chi connectivity index (χ0v) is 24.1. The second kappa shape index (κ2) is 19.4. The molecule has 5 amide bonds. The Hall–Kier alpha value is -3.67. The first-order valence-electron chi connectivity index (χ1n) is 14.0. The van der Waals surface area contributed by atoms with E-state index >= 15 is 0 Å². The minimum Gasteiger partial charge on any atom is -0.461 e. The summed E-state index contributed by atoms with van der Waals surface area (Å²) in [7, 11) is 0. The Morgan fingerprint density at radius 3 is 2.20 bits per heavy atom. The van der Waals surface area contributed by atoms with Crippen LogP contribution in [0.1, 0.15) is 71.8 Å². The highest BCUT2D eigenvalue weighted by molar-refractivity contribution is 5.98. The molecule has 7 N–H and O–H groups in total. The number of nitrogens with two attached hydrogens (primary N) is 1. The van der Waals surface area contributed by atoms with E-state index in [1.54, 1.807) is 31.2 Å². The first-order chi connectivity index (χ1) is 19.1. The number of anilines is 1. The lowest BCUT2D eigenvalue weighted by molar-refractivity contribution is -0.144.